The van der Waals surface area contributed by atoms with E-state index >= 15 is 0 Å². The van der Waals surface area contributed by atoms with Gasteiger partial charge in [0.2, 0.25) is 0 Å². The van der Waals surface area contributed by atoms with Gasteiger partial charge >= 0.3 is 0 Å². The lowest BCUT2D eigenvalue weighted by Crippen LogP contribution is -2.38. The highest BCUT2D eigenvalue weighted by Crippen LogP contribution is 2.41. The van der Waals surface area contributed by atoms with Gasteiger partial charge in [-0.05, 0) is 37.0 Å². The number of methoxy groups -OCH3 is 2. The number of nitrogens with zero attached hydrogens (tertiary/aromatic N) is 2. The third kappa shape index (κ3) is 3.32. The third-order valence-electron chi connectivity index (χ3n) is 5.86. The summed E-state index contributed by atoms with van der Waals surface area (Å²) in [5.41, 5.74) is 1.91. The Hall–Kier alpha value is -3.28. The highest BCUT2D eigenvalue weighted by atomic mass is 16.5. The Bertz CT molecular complexity index is 1010. The van der Waals surface area contributed by atoms with E-state index in [1.165, 1.54) is 12.0 Å². The minimum absolute atomic E-state index is 0.319. The highest BCUT2D eigenvalue weighted by molar-refractivity contribution is 6.46. The van der Waals surface area contributed by atoms with E-state index in [-0.39, 0.29) is 11.8 Å². The van der Waals surface area contributed by atoms with Crippen molar-refractivity contribution in [2.24, 2.45) is 5.92 Å². The van der Waals surface area contributed by atoms with Crippen LogP contribution in [0.25, 0.3) is 5.57 Å². The van der Waals surface area contributed by atoms with Crippen molar-refractivity contribution in [1.29, 1.82) is 0 Å². The van der Waals surface area contributed by atoms with Gasteiger partial charge in [-0.2, -0.15) is 0 Å². The van der Waals surface area contributed by atoms with Crippen molar-refractivity contribution < 1.29 is 19.1 Å². The molecule has 0 radical (unpaired) electrons. The van der Waals surface area contributed by atoms with E-state index < -0.39 is 0 Å². The number of carbonyl (C=O) groups is 2. The summed E-state index contributed by atoms with van der Waals surface area (Å²) in [6.45, 7) is 3.71. The maximum absolute atomic E-state index is 13.7. The number of hydrogen-bond acceptors (Lipinski definition) is 5. The Morgan fingerprint density at radius 1 is 0.833 bits per heavy atom. The summed E-state index contributed by atoms with van der Waals surface area (Å²) in [7, 11) is 3.10. The molecule has 6 nitrogen and oxygen atoms in total. The van der Waals surface area contributed by atoms with Crippen molar-refractivity contribution in [2.75, 3.05) is 32.2 Å². The van der Waals surface area contributed by atoms with Crippen LogP contribution in [0.4, 0.5) is 5.69 Å². The van der Waals surface area contributed by atoms with Crippen molar-refractivity contribution in [1.82, 2.24) is 4.90 Å². The molecule has 0 saturated carbocycles. The maximum atomic E-state index is 13.7. The Kier molecular flexibility index (Phi) is 5.48. The average molecular weight is 406 g/mol. The molecule has 2 aromatic rings. The number of likely N-dealkylation sites (tertiary alicyclic amines) is 1. The Balaban J connectivity index is 1.87. The van der Waals surface area contributed by atoms with Gasteiger partial charge in [0, 0.05) is 18.7 Å². The monoisotopic (exact) mass is 406 g/mol. The predicted molar refractivity (Wildman–Crippen MR) is 115 cm³/mol. The first-order chi connectivity index (χ1) is 14.6. The number of carbonyl (C=O) groups excluding carboxylic acids is 2. The molecule has 0 bridgehead atoms. The van der Waals surface area contributed by atoms with Crippen LogP contribution in [0.5, 0.6) is 11.5 Å². The van der Waals surface area contributed by atoms with Gasteiger partial charge in [0.25, 0.3) is 11.8 Å². The van der Waals surface area contributed by atoms with Gasteiger partial charge in [-0.25, -0.2) is 4.90 Å². The van der Waals surface area contributed by atoms with Crippen LogP contribution >= 0.6 is 0 Å². The number of ether oxygens (including phenoxy) is 2. The molecule has 0 atom stereocenters. The van der Waals surface area contributed by atoms with Crippen LogP contribution in [-0.2, 0) is 9.59 Å². The van der Waals surface area contributed by atoms with Gasteiger partial charge in [0.1, 0.15) is 17.2 Å². The van der Waals surface area contributed by atoms with E-state index in [1.54, 1.807) is 25.3 Å². The molecule has 2 aromatic carbocycles. The molecule has 6 heteroatoms. The molecule has 0 aliphatic carbocycles. The molecule has 2 heterocycles. The van der Waals surface area contributed by atoms with Crippen molar-refractivity contribution in [3.63, 3.8) is 0 Å². The minimum Gasteiger partial charge on any atom is -0.496 e. The number of piperidine rings is 1. The van der Waals surface area contributed by atoms with Gasteiger partial charge in [-0.1, -0.05) is 37.3 Å². The molecule has 2 aliphatic heterocycles. The predicted octanol–water partition coefficient (Wildman–Crippen LogP) is 3.72. The Morgan fingerprint density at radius 2 is 1.43 bits per heavy atom. The van der Waals surface area contributed by atoms with Crippen molar-refractivity contribution in [2.45, 2.75) is 19.8 Å². The van der Waals surface area contributed by atoms with E-state index in [0.717, 1.165) is 25.9 Å². The van der Waals surface area contributed by atoms with E-state index in [4.69, 9.17) is 9.47 Å². The standard InChI is InChI=1S/C24H26N2O4/c1-16-12-14-25(15-13-16)22-21(17-8-4-6-10-19(17)29-2)23(27)26(24(22)28)18-9-5-7-11-20(18)30-3/h4-11,16H,12-15H2,1-3H3. The lowest BCUT2D eigenvalue weighted by molar-refractivity contribution is -0.120. The molecule has 0 unspecified atom stereocenters. The fraction of sp³-hybridized carbons (Fsp3) is 0.333. The molecule has 0 spiro atoms. The first-order valence-corrected chi connectivity index (χ1v) is 10.2. The van der Waals surface area contributed by atoms with Gasteiger partial charge in [0.15, 0.2) is 0 Å². The van der Waals surface area contributed by atoms with E-state index in [9.17, 15) is 9.59 Å². The third-order valence-corrected chi connectivity index (χ3v) is 5.86. The topological polar surface area (TPSA) is 59.1 Å². The van der Waals surface area contributed by atoms with Crippen molar-refractivity contribution >= 4 is 23.1 Å². The lowest BCUT2D eigenvalue weighted by Gasteiger charge is -2.32. The summed E-state index contributed by atoms with van der Waals surface area (Å²) in [4.78, 5) is 30.6. The number of anilines is 1. The Labute approximate surface area is 176 Å². The summed E-state index contributed by atoms with van der Waals surface area (Å²) in [6.07, 6.45) is 1.97. The maximum Gasteiger partial charge on any atom is 0.282 e. The molecule has 2 amide bonds. The van der Waals surface area contributed by atoms with E-state index in [2.05, 4.69) is 11.8 Å². The second kappa shape index (κ2) is 8.22. The zero-order valence-corrected chi connectivity index (χ0v) is 17.6. The van der Waals surface area contributed by atoms with Gasteiger partial charge < -0.3 is 14.4 Å². The zero-order valence-electron chi connectivity index (χ0n) is 17.6. The second-order valence-corrected chi connectivity index (χ2v) is 7.71. The molecule has 2 aliphatic rings. The van der Waals surface area contributed by atoms with Gasteiger partial charge in [-0.3, -0.25) is 9.59 Å². The smallest absolute Gasteiger partial charge is 0.282 e. The number of benzene rings is 2. The minimum atomic E-state index is -0.359. The fourth-order valence-electron chi connectivity index (χ4n) is 4.17. The van der Waals surface area contributed by atoms with E-state index in [0.29, 0.717) is 39.9 Å². The number of amides is 2. The van der Waals surface area contributed by atoms with Crippen LogP contribution < -0.4 is 14.4 Å². The molecule has 0 N–H and O–H groups in total. The first kappa shape index (κ1) is 20.0. The highest BCUT2D eigenvalue weighted by Gasteiger charge is 2.44. The molecule has 1 saturated heterocycles. The SMILES string of the molecule is COc1ccccc1C1=C(N2CCC(C)CC2)C(=O)N(c2ccccc2OC)C1=O. The molecular weight excluding hydrogens is 380 g/mol. The van der Waals surface area contributed by atoms with Crippen molar-refractivity contribution in [3.05, 3.63) is 59.8 Å². The summed E-state index contributed by atoms with van der Waals surface area (Å²) in [5.74, 6) is 0.974. The summed E-state index contributed by atoms with van der Waals surface area (Å²) < 4.78 is 11.0. The molecule has 4 rings (SSSR count). The van der Waals surface area contributed by atoms with Crippen LogP contribution in [0, 0.1) is 5.92 Å². The van der Waals surface area contributed by atoms with Crippen LogP contribution in [0.2, 0.25) is 0 Å². The van der Waals surface area contributed by atoms with Crippen LogP contribution in [0.15, 0.2) is 54.2 Å². The first-order valence-electron chi connectivity index (χ1n) is 10.2. The largest absolute Gasteiger partial charge is 0.496 e. The van der Waals surface area contributed by atoms with Crippen LogP contribution in [-0.4, -0.2) is 44.0 Å². The van der Waals surface area contributed by atoms with Crippen LogP contribution in [0.3, 0.4) is 0 Å². The summed E-state index contributed by atoms with van der Waals surface area (Å²) in [5, 5.41) is 0. The number of para-hydroxylation sites is 3. The average Bonchev–Trinajstić information content (AvgIpc) is 3.04. The fourth-order valence-corrected chi connectivity index (χ4v) is 4.17. The van der Waals surface area contributed by atoms with Gasteiger partial charge in [-0.15, -0.1) is 0 Å². The second-order valence-electron chi connectivity index (χ2n) is 7.71. The van der Waals surface area contributed by atoms with Crippen LogP contribution in [0.1, 0.15) is 25.3 Å². The summed E-state index contributed by atoms with van der Waals surface area (Å²) in [6, 6.07) is 14.4. The molecule has 156 valence electrons. The van der Waals surface area contributed by atoms with Crippen molar-refractivity contribution in [3.8, 4) is 11.5 Å². The van der Waals surface area contributed by atoms with Gasteiger partial charge in [0.05, 0.1) is 25.5 Å². The number of imide groups is 1. The number of hydrogen-bond donors (Lipinski definition) is 0. The molecule has 1 fully saturated rings. The zero-order chi connectivity index (χ0) is 21.3. The normalized spacial score (nSPS) is 17.7. The molecule has 0 aromatic heterocycles. The quantitative estimate of drug-likeness (QED) is 0.709. The number of rotatable bonds is 5. The lowest BCUT2D eigenvalue weighted by atomic mass is 9.97. The van der Waals surface area contributed by atoms with E-state index in [1.807, 2.05) is 30.3 Å². The summed E-state index contributed by atoms with van der Waals surface area (Å²) >= 11 is 0. The molecule has 30 heavy (non-hydrogen) atoms. The molecular formula is C24H26N2O4. The Morgan fingerprint density at radius 3 is 2.10 bits per heavy atom.